The molecule has 0 unspecified atom stereocenters. The van der Waals surface area contributed by atoms with Crippen molar-refractivity contribution in [1.82, 2.24) is 20.4 Å². The van der Waals surface area contributed by atoms with Crippen LogP contribution in [0.15, 0.2) is 0 Å². The number of amides is 2. The second-order valence-corrected chi connectivity index (χ2v) is 6.38. The number of carbonyl (C=O) groups excluding carboxylic acids is 2. The molecule has 0 spiro atoms. The minimum absolute atomic E-state index is 0.165. The summed E-state index contributed by atoms with van der Waals surface area (Å²) in [5.74, 6) is 0.331. The van der Waals surface area contributed by atoms with E-state index in [2.05, 4.69) is 15.5 Å². The van der Waals surface area contributed by atoms with Crippen molar-refractivity contribution >= 4 is 11.8 Å². The molecule has 1 heterocycles. The van der Waals surface area contributed by atoms with Crippen LogP contribution < -0.4 is 10.6 Å². The molecule has 120 valence electrons. The Kier molecular flexibility index (Phi) is 5.99. The molecule has 1 aliphatic heterocycles. The zero-order chi connectivity index (χ0) is 15.2. The van der Waals surface area contributed by atoms with E-state index in [1.54, 1.807) is 19.0 Å². The van der Waals surface area contributed by atoms with Crippen LogP contribution in [0.4, 0.5) is 0 Å². The normalized spacial score (nSPS) is 20.3. The van der Waals surface area contributed by atoms with E-state index >= 15 is 0 Å². The standard InChI is InChI=1S/C15H28N4O2/c1-18(2)15(21)11-19-9-6-12(7-10-19)16-8-5-14(20)17-13-3-4-13/h12-13,16H,3-11H2,1-2H3,(H,17,20). The van der Waals surface area contributed by atoms with Crippen molar-refractivity contribution < 1.29 is 9.59 Å². The van der Waals surface area contributed by atoms with Gasteiger partial charge in [0.1, 0.15) is 0 Å². The summed E-state index contributed by atoms with van der Waals surface area (Å²) in [4.78, 5) is 27.1. The Morgan fingerprint density at radius 1 is 1.10 bits per heavy atom. The summed E-state index contributed by atoms with van der Waals surface area (Å²) in [6.07, 6.45) is 4.94. The topological polar surface area (TPSA) is 64.7 Å². The Hall–Kier alpha value is -1.14. The lowest BCUT2D eigenvalue weighted by Crippen LogP contribution is -2.46. The molecule has 0 bridgehead atoms. The molecule has 2 N–H and O–H groups in total. The first-order valence-corrected chi connectivity index (χ1v) is 8.00. The lowest BCUT2D eigenvalue weighted by atomic mass is 10.0. The monoisotopic (exact) mass is 296 g/mol. The fourth-order valence-corrected chi connectivity index (χ4v) is 2.55. The minimum atomic E-state index is 0.165. The Bertz CT molecular complexity index is 361. The maximum Gasteiger partial charge on any atom is 0.236 e. The Morgan fingerprint density at radius 3 is 2.33 bits per heavy atom. The van der Waals surface area contributed by atoms with Gasteiger partial charge in [0.25, 0.3) is 0 Å². The maximum atomic E-state index is 11.7. The molecule has 2 aliphatic rings. The molecule has 2 fully saturated rings. The highest BCUT2D eigenvalue weighted by molar-refractivity contribution is 5.77. The van der Waals surface area contributed by atoms with Gasteiger partial charge in [-0.25, -0.2) is 0 Å². The van der Waals surface area contributed by atoms with Crippen molar-refractivity contribution in [3.63, 3.8) is 0 Å². The molecule has 2 amide bonds. The SMILES string of the molecule is CN(C)C(=O)CN1CCC(NCCC(=O)NC2CC2)CC1. The number of hydrogen-bond donors (Lipinski definition) is 2. The van der Waals surface area contributed by atoms with Gasteiger partial charge in [0.2, 0.25) is 11.8 Å². The predicted octanol–water partition coefficient (Wildman–Crippen LogP) is -0.203. The third kappa shape index (κ3) is 6.01. The molecular formula is C15H28N4O2. The maximum absolute atomic E-state index is 11.7. The average molecular weight is 296 g/mol. The number of carbonyl (C=O) groups is 2. The zero-order valence-electron chi connectivity index (χ0n) is 13.2. The molecule has 0 atom stereocenters. The molecule has 1 saturated heterocycles. The molecule has 1 aliphatic carbocycles. The summed E-state index contributed by atoms with van der Waals surface area (Å²) in [6.45, 7) is 3.17. The smallest absolute Gasteiger partial charge is 0.236 e. The van der Waals surface area contributed by atoms with E-state index < -0.39 is 0 Å². The molecule has 0 radical (unpaired) electrons. The Morgan fingerprint density at radius 2 is 1.76 bits per heavy atom. The lowest BCUT2D eigenvalue weighted by Gasteiger charge is -2.32. The molecule has 2 rings (SSSR count). The fraction of sp³-hybridized carbons (Fsp3) is 0.867. The second-order valence-electron chi connectivity index (χ2n) is 6.38. The first-order chi connectivity index (χ1) is 10.0. The van der Waals surface area contributed by atoms with E-state index in [4.69, 9.17) is 0 Å². The molecular weight excluding hydrogens is 268 g/mol. The van der Waals surface area contributed by atoms with Crippen LogP contribution in [-0.4, -0.2) is 74.0 Å². The second kappa shape index (κ2) is 7.75. The van der Waals surface area contributed by atoms with E-state index in [1.165, 1.54) is 0 Å². The van der Waals surface area contributed by atoms with Crippen LogP contribution >= 0.6 is 0 Å². The van der Waals surface area contributed by atoms with Gasteiger partial charge in [0, 0.05) is 52.2 Å². The molecule has 0 aromatic rings. The van der Waals surface area contributed by atoms with Gasteiger partial charge in [-0.3, -0.25) is 14.5 Å². The van der Waals surface area contributed by atoms with E-state index in [1.807, 2.05) is 0 Å². The molecule has 1 saturated carbocycles. The zero-order valence-corrected chi connectivity index (χ0v) is 13.2. The van der Waals surface area contributed by atoms with E-state index in [-0.39, 0.29) is 11.8 Å². The fourth-order valence-electron chi connectivity index (χ4n) is 2.55. The number of hydrogen-bond acceptors (Lipinski definition) is 4. The van der Waals surface area contributed by atoms with Gasteiger partial charge in [-0.15, -0.1) is 0 Å². The Balaban J connectivity index is 1.54. The van der Waals surface area contributed by atoms with Crippen molar-refractivity contribution in [1.29, 1.82) is 0 Å². The Labute approximate surface area is 127 Å². The van der Waals surface area contributed by atoms with Crippen LogP contribution in [0.5, 0.6) is 0 Å². The highest BCUT2D eigenvalue weighted by Gasteiger charge is 2.23. The first-order valence-electron chi connectivity index (χ1n) is 8.00. The van der Waals surface area contributed by atoms with Crippen molar-refractivity contribution in [2.24, 2.45) is 0 Å². The predicted molar refractivity (Wildman–Crippen MR) is 81.9 cm³/mol. The molecule has 0 aromatic carbocycles. The largest absolute Gasteiger partial charge is 0.353 e. The van der Waals surface area contributed by atoms with Crippen molar-refractivity contribution in [2.75, 3.05) is 40.3 Å². The third-order valence-corrected chi connectivity index (χ3v) is 4.17. The van der Waals surface area contributed by atoms with Crippen molar-refractivity contribution in [3.05, 3.63) is 0 Å². The van der Waals surface area contributed by atoms with Gasteiger partial charge in [0.15, 0.2) is 0 Å². The number of nitrogens with zero attached hydrogens (tertiary/aromatic N) is 2. The van der Waals surface area contributed by atoms with Crippen LogP contribution in [0.2, 0.25) is 0 Å². The van der Waals surface area contributed by atoms with Crippen molar-refractivity contribution in [3.8, 4) is 0 Å². The number of nitrogens with one attached hydrogen (secondary N) is 2. The van der Waals surface area contributed by atoms with Crippen LogP contribution in [0.1, 0.15) is 32.1 Å². The average Bonchev–Trinajstić information content (AvgIpc) is 3.24. The number of likely N-dealkylation sites (tertiary alicyclic amines) is 1. The highest BCUT2D eigenvalue weighted by atomic mass is 16.2. The lowest BCUT2D eigenvalue weighted by molar-refractivity contribution is -0.130. The van der Waals surface area contributed by atoms with Gasteiger partial charge in [0.05, 0.1) is 6.54 Å². The number of likely N-dealkylation sites (N-methyl/N-ethyl adjacent to an activating group) is 1. The van der Waals surface area contributed by atoms with E-state index in [0.29, 0.717) is 25.0 Å². The number of piperidine rings is 1. The summed E-state index contributed by atoms with van der Waals surface area (Å²) in [7, 11) is 3.59. The molecule has 21 heavy (non-hydrogen) atoms. The molecule has 6 nitrogen and oxygen atoms in total. The summed E-state index contributed by atoms with van der Waals surface area (Å²) >= 11 is 0. The number of rotatable bonds is 7. The summed E-state index contributed by atoms with van der Waals surface area (Å²) in [5.41, 5.74) is 0. The van der Waals surface area contributed by atoms with Crippen molar-refractivity contribution in [2.45, 2.75) is 44.2 Å². The van der Waals surface area contributed by atoms with Gasteiger partial charge >= 0.3 is 0 Å². The summed E-state index contributed by atoms with van der Waals surface area (Å²) < 4.78 is 0. The van der Waals surface area contributed by atoms with E-state index in [9.17, 15) is 9.59 Å². The van der Waals surface area contributed by atoms with Gasteiger partial charge in [-0.1, -0.05) is 0 Å². The summed E-state index contributed by atoms with van der Waals surface area (Å²) in [5, 5.41) is 6.46. The minimum Gasteiger partial charge on any atom is -0.353 e. The third-order valence-electron chi connectivity index (χ3n) is 4.17. The van der Waals surface area contributed by atoms with Crippen LogP contribution in [0, 0.1) is 0 Å². The molecule has 6 heteroatoms. The summed E-state index contributed by atoms with van der Waals surface area (Å²) in [6, 6.07) is 0.930. The van der Waals surface area contributed by atoms with Gasteiger partial charge in [-0.2, -0.15) is 0 Å². The van der Waals surface area contributed by atoms with Crippen LogP contribution in [0.25, 0.3) is 0 Å². The highest BCUT2D eigenvalue weighted by Crippen LogP contribution is 2.18. The molecule has 0 aromatic heterocycles. The van der Waals surface area contributed by atoms with Crippen LogP contribution in [0.3, 0.4) is 0 Å². The first kappa shape index (κ1) is 16.2. The van der Waals surface area contributed by atoms with Gasteiger partial charge in [-0.05, 0) is 25.7 Å². The van der Waals surface area contributed by atoms with E-state index in [0.717, 1.165) is 45.3 Å². The van der Waals surface area contributed by atoms with Gasteiger partial charge < -0.3 is 15.5 Å². The van der Waals surface area contributed by atoms with Crippen LogP contribution in [-0.2, 0) is 9.59 Å². The quantitative estimate of drug-likeness (QED) is 0.683.